The summed E-state index contributed by atoms with van der Waals surface area (Å²) in [5.74, 6) is -0.457. The molecule has 0 bridgehead atoms. The lowest BCUT2D eigenvalue weighted by Crippen LogP contribution is -2.38. The molecule has 0 N–H and O–H groups in total. The predicted molar refractivity (Wildman–Crippen MR) is 54.8 cm³/mol. The summed E-state index contributed by atoms with van der Waals surface area (Å²) in [7, 11) is -3.25. The number of hydrogen-bond acceptors (Lipinski definition) is 4. The van der Waals surface area contributed by atoms with Gasteiger partial charge >= 0.3 is 5.97 Å². The third-order valence-corrected chi connectivity index (χ3v) is 4.81. The fourth-order valence-electron chi connectivity index (χ4n) is 0.928. The van der Waals surface area contributed by atoms with E-state index in [0.29, 0.717) is 0 Å². The molecule has 0 aliphatic carbocycles. The van der Waals surface area contributed by atoms with Gasteiger partial charge in [-0.3, -0.25) is 4.79 Å². The molecular formula is C9H18O4S. The maximum atomic E-state index is 11.8. The summed E-state index contributed by atoms with van der Waals surface area (Å²) in [6, 6.07) is 0. The van der Waals surface area contributed by atoms with Crippen LogP contribution in [-0.4, -0.2) is 31.0 Å². The van der Waals surface area contributed by atoms with E-state index < -0.39 is 25.8 Å². The van der Waals surface area contributed by atoms with Gasteiger partial charge in [0, 0.05) is 6.92 Å². The topological polar surface area (TPSA) is 60.4 Å². The molecule has 0 spiro atoms. The Balaban J connectivity index is 4.54. The molecule has 0 aromatic rings. The molecule has 0 amide bonds. The van der Waals surface area contributed by atoms with Gasteiger partial charge in [0.25, 0.3) is 0 Å². The summed E-state index contributed by atoms with van der Waals surface area (Å²) < 4.78 is 27.4. The molecule has 5 heteroatoms. The van der Waals surface area contributed by atoms with Gasteiger partial charge in [0.05, 0.1) is 10.00 Å². The van der Waals surface area contributed by atoms with Crippen LogP contribution in [0.5, 0.6) is 0 Å². The van der Waals surface area contributed by atoms with Crippen LogP contribution in [0.25, 0.3) is 0 Å². The van der Waals surface area contributed by atoms with Crippen LogP contribution >= 0.6 is 0 Å². The monoisotopic (exact) mass is 222 g/mol. The van der Waals surface area contributed by atoms with Crippen molar-refractivity contribution in [2.45, 2.75) is 44.6 Å². The van der Waals surface area contributed by atoms with Crippen molar-refractivity contribution < 1.29 is 17.9 Å². The predicted octanol–water partition coefficient (Wildman–Crippen LogP) is 1.15. The number of carbonyl (C=O) groups excluding carboxylic acids is 1. The van der Waals surface area contributed by atoms with Gasteiger partial charge < -0.3 is 4.74 Å². The standard InChI is InChI=1S/C9H18O4S/c1-7(6-13-8(2)10)14(11,12)9(3,4)5/h7H,6H2,1-5H3/t7-/m1/s1. The largest absolute Gasteiger partial charge is 0.465 e. The van der Waals surface area contributed by atoms with E-state index in [1.165, 1.54) is 6.92 Å². The van der Waals surface area contributed by atoms with Gasteiger partial charge in [0.2, 0.25) is 0 Å². The van der Waals surface area contributed by atoms with Crippen molar-refractivity contribution in [2.24, 2.45) is 0 Å². The van der Waals surface area contributed by atoms with Crippen LogP contribution in [0, 0.1) is 0 Å². The number of sulfone groups is 1. The van der Waals surface area contributed by atoms with E-state index in [0.717, 1.165) is 0 Å². The Labute approximate surface area is 85.6 Å². The molecule has 0 aromatic carbocycles. The highest BCUT2D eigenvalue weighted by Gasteiger charge is 2.34. The fraction of sp³-hybridized carbons (Fsp3) is 0.889. The van der Waals surface area contributed by atoms with Gasteiger partial charge in [-0.15, -0.1) is 0 Å². The van der Waals surface area contributed by atoms with Gasteiger partial charge in [0.1, 0.15) is 6.61 Å². The average Bonchev–Trinajstić information content (AvgIpc) is 1.97. The third-order valence-electron chi connectivity index (χ3n) is 1.90. The van der Waals surface area contributed by atoms with Crippen LogP contribution in [0.2, 0.25) is 0 Å². The van der Waals surface area contributed by atoms with Gasteiger partial charge in [-0.1, -0.05) is 0 Å². The van der Waals surface area contributed by atoms with Crippen LogP contribution in [0.15, 0.2) is 0 Å². The van der Waals surface area contributed by atoms with Crippen LogP contribution in [-0.2, 0) is 19.4 Å². The van der Waals surface area contributed by atoms with E-state index in [1.54, 1.807) is 27.7 Å². The molecular weight excluding hydrogens is 204 g/mol. The van der Waals surface area contributed by atoms with Gasteiger partial charge in [0.15, 0.2) is 9.84 Å². The second-order valence-corrected chi connectivity index (χ2v) is 7.39. The highest BCUT2D eigenvalue weighted by atomic mass is 32.2. The van der Waals surface area contributed by atoms with Crippen molar-refractivity contribution in [3.63, 3.8) is 0 Å². The van der Waals surface area contributed by atoms with E-state index in [4.69, 9.17) is 0 Å². The Morgan fingerprint density at radius 1 is 1.36 bits per heavy atom. The van der Waals surface area contributed by atoms with Crippen molar-refractivity contribution in [2.75, 3.05) is 6.61 Å². The number of hydrogen-bond donors (Lipinski definition) is 0. The molecule has 0 radical (unpaired) electrons. The molecule has 1 atom stereocenters. The van der Waals surface area contributed by atoms with Crippen molar-refractivity contribution in [3.8, 4) is 0 Å². The van der Waals surface area contributed by atoms with E-state index in [1.807, 2.05) is 0 Å². The number of carbonyl (C=O) groups is 1. The lowest BCUT2D eigenvalue weighted by atomic mass is 10.3. The van der Waals surface area contributed by atoms with Gasteiger partial charge in [-0.25, -0.2) is 8.42 Å². The number of rotatable bonds is 3. The number of esters is 1. The fourth-order valence-corrected chi connectivity index (χ4v) is 2.38. The van der Waals surface area contributed by atoms with Crippen molar-refractivity contribution in [1.29, 1.82) is 0 Å². The van der Waals surface area contributed by atoms with Crippen molar-refractivity contribution >= 4 is 15.8 Å². The SMILES string of the molecule is CC(=O)OC[C@@H](C)S(=O)(=O)C(C)(C)C. The highest BCUT2D eigenvalue weighted by Crippen LogP contribution is 2.20. The van der Waals surface area contributed by atoms with Crippen LogP contribution in [0.1, 0.15) is 34.6 Å². The Bertz CT molecular complexity index is 297. The first-order chi connectivity index (χ1) is 6.09. The molecule has 0 heterocycles. The first kappa shape index (κ1) is 13.4. The average molecular weight is 222 g/mol. The Kier molecular flexibility index (Phi) is 4.12. The number of ether oxygens (including phenoxy) is 1. The Morgan fingerprint density at radius 2 is 1.79 bits per heavy atom. The van der Waals surface area contributed by atoms with E-state index in [-0.39, 0.29) is 6.61 Å². The lowest BCUT2D eigenvalue weighted by molar-refractivity contribution is -0.140. The molecule has 0 unspecified atom stereocenters. The van der Waals surface area contributed by atoms with Crippen LogP contribution in [0.4, 0.5) is 0 Å². The summed E-state index contributed by atoms with van der Waals surface area (Å²) in [6.07, 6.45) is 0. The van der Waals surface area contributed by atoms with Gasteiger partial charge in [-0.05, 0) is 27.7 Å². The van der Waals surface area contributed by atoms with Crippen LogP contribution < -0.4 is 0 Å². The summed E-state index contributed by atoms with van der Waals surface area (Å²) >= 11 is 0. The van der Waals surface area contributed by atoms with Gasteiger partial charge in [-0.2, -0.15) is 0 Å². The zero-order chi connectivity index (χ0) is 11.6. The quantitative estimate of drug-likeness (QED) is 0.672. The lowest BCUT2D eigenvalue weighted by Gasteiger charge is -2.23. The van der Waals surface area contributed by atoms with Crippen LogP contribution in [0.3, 0.4) is 0 Å². The Morgan fingerprint density at radius 3 is 2.07 bits per heavy atom. The third kappa shape index (κ3) is 3.29. The minimum atomic E-state index is -3.25. The second kappa shape index (κ2) is 4.29. The van der Waals surface area contributed by atoms with E-state index >= 15 is 0 Å². The normalized spacial score (nSPS) is 14.9. The summed E-state index contributed by atoms with van der Waals surface area (Å²) in [4.78, 5) is 10.5. The minimum absolute atomic E-state index is 0.0745. The molecule has 0 saturated heterocycles. The van der Waals surface area contributed by atoms with Crippen molar-refractivity contribution in [3.05, 3.63) is 0 Å². The summed E-state index contributed by atoms with van der Waals surface area (Å²) in [5, 5.41) is -0.661. The summed E-state index contributed by atoms with van der Waals surface area (Å²) in [5.41, 5.74) is 0. The first-order valence-electron chi connectivity index (χ1n) is 4.46. The van der Waals surface area contributed by atoms with Crippen molar-refractivity contribution in [1.82, 2.24) is 0 Å². The second-order valence-electron chi connectivity index (χ2n) is 4.27. The summed E-state index contributed by atoms with van der Waals surface area (Å²) in [6.45, 7) is 7.63. The smallest absolute Gasteiger partial charge is 0.302 e. The first-order valence-corrected chi connectivity index (χ1v) is 6.00. The zero-order valence-corrected chi connectivity index (χ0v) is 10.1. The van der Waals surface area contributed by atoms with E-state index in [2.05, 4.69) is 4.74 Å². The zero-order valence-electron chi connectivity index (χ0n) is 9.33. The molecule has 84 valence electrons. The molecule has 4 nitrogen and oxygen atoms in total. The molecule has 0 rings (SSSR count). The minimum Gasteiger partial charge on any atom is -0.465 e. The molecule has 0 aliphatic rings. The molecule has 0 aliphatic heterocycles. The maximum Gasteiger partial charge on any atom is 0.302 e. The molecule has 0 fully saturated rings. The Hall–Kier alpha value is -0.580. The molecule has 14 heavy (non-hydrogen) atoms. The maximum absolute atomic E-state index is 11.8. The highest BCUT2D eigenvalue weighted by molar-refractivity contribution is 7.93. The molecule has 0 saturated carbocycles. The molecule has 0 aromatic heterocycles. The van der Waals surface area contributed by atoms with E-state index in [9.17, 15) is 13.2 Å².